The molecule has 22 heavy (non-hydrogen) atoms. The summed E-state index contributed by atoms with van der Waals surface area (Å²) in [4.78, 5) is 0. The predicted molar refractivity (Wildman–Crippen MR) is 94.5 cm³/mol. The van der Waals surface area contributed by atoms with Gasteiger partial charge in [0.15, 0.2) is 8.45 Å². The van der Waals surface area contributed by atoms with E-state index in [9.17, 15) is 8.42 Å². The van der Waals surface area contributed by atoms with E-state index in [4.69, 9.17) is 32.9 Å². The van der Waals surface area contributed by atoms with Gasteiger partial charge in [-0.05, 0) is 6.42 Å². The summed E-state index contributed by atoms with van der Waals surface area (Å²) in [5.41, 5.74) is 0. The lowest BCUT2D eigenvalue weighted by Crippen LogP contribution is -2.41. The Morgan fingerprint density at radius 1 is 1.32 bits per heavy atom. The summed E-state index contributed by atoms with van der Waals surface area (Å²) in [6.45, 7) is 7.75. The Hall–Kier alpha value is 0.760. The Balaban J connectivity index is 0.00000211. The van der Waals surface area contributed by atoms with Crippen LogP contribution in [0.3, 0.4) is 0 Å². The normalized spacial score (nSPS) is 19.8. The summed E-state index contributed by atoms with van der Waals surface area (Å²) in [5, 5.41) is 4.91. The molecule has 0 bridgehead atoms. The fourth-order valence-electron chi connectivity index (χ4n) is 1.81. The lowest BCUT2D eigenvalue weighted by atomic mass is 10.4. The van der Waals surface area contributed by atoms with Gasteiger partial charge < -0.3 is 4.52 Å². The van der Waals surface area contributed by atoms with E-state index in [0.29, 0.717) is 38.0 Å². The molecule has 1 saturated heterocycles. The maximum Gasteiger partial charge on any atom is 0.274 e. The van der Waals surface area contributed by atoms with Crippen LogP contribution in [-0.4, -0.2) is 68.8 Å². The summed E-state index contributed by atoms with van der Waals surface area (Å²) < 4.78 is 34.1. The van der Waals surface area contributed by atoms with Crippen molar-refractivity contribution in [3.05, 3.63) is 0 Å². The Kier molecular flexibility index (Phi) is 13.5. The second-order valence-electron chi connectivity index (χ2n) is 4.16. The second kappa shape index (κ2) is 13.1. The molecule has 0 aromatic heterocycles. The highest BCUT2D eigenvalue weighted by Crippen LogP contribution is 2.47. The lowest BCUT2D eigenvalue weighted by Gasteiger charge is -2.40. The van der Waals surface area contributed by atoms with Crippen LogP contribution >= 0.6 is 31.7 Å². The maximum absolute atomic E-state index is 10.9. The highest BCUT2D eigenvalue weighted by atomic mass is 35.5. The van der Waals surface area contributed by atoms with Gasteiger partial charge in [-0.25, -0.2) is 19.2 Å². The van der Waals surface area contributed by atoms with Crippen molar-refractivity contribution in [3.8, 4) is 0 Å². The van der Waals surface area contributed by atoms with Crippen LogP contribution in [0.1, 0.15) is 20.3 Å². The SMILES string of the molecule is CC.NS(=O)(=O)NCCN1CCCOP1N(CCCl)CCCl. The molecule has 0 aliphatic carbocycles. The van der Waals surface area contributed by atoms with Crippen molar-refractivity contribution in [1.82, 2.24) is 14.1 Å². The molecule has 1 aliphatic heterocycles. The molecule has 0 aromatic carbocycles. The maximum atomic E-state index is 10.9. The second-order valence-corrected chi connectivity index (χ2v) is 8.19. The van der Waals surface area contributed by atoms with E-state index < -0.39 is 18.7 Å². The quantitative estimate of drug-likeness (QED) is 0.455. The molecule has 0 amide bonds. The van der Waals surface area contributed by atoms with Crippen molar-refractivity contribution < 1.29 is 12.9 Å². The fraction of sp³-hybridized carbons (Fsp3) is 1.00. The lowest BCUT2D eigenvalue weighted by molar-refractivity contribution is 0.210. The standard InChI is InChI=1S/C9H21Cl2N4O3PS.C2H6/c10-2-6-15(7-3-11)19-14(5-1-9-18-19)8-4-13-20(12,16)17;1-2/h13H,1-9H2,(H2,12,16,17);1-2H3. The van der Waals surface area contributed by atoms with E-state index in [1.54, 1.807) is 0 Å². The molecule has 0 radical (unpaired) electrons. The number of halogens is 2. The Morgan fingerprint density at radius 2 is 1.91 bits per heavy atom. The molecule has 0 spiro atoms. The fourth-order valence-corrected chi connectivity index (χ4v) is 4.94. The summed E-state index contributed by atoms with van der Waals surface area (Å²) in [6, 6.07) is 0. The van der Waals surface area contributed by atoms with E-state index in [0.717, 1.165) is 13.0 Å². The first-order valence-electron chi connectivity index (χ1n) is 7.30. The van der Waals surface area contributed by atoms with Gasteiger partial charge in [-0.3, -0.25) is 0 Å². The molecule has 134 valence electrons. The molecule has 3 N–H and O–H groups in total. The van der Waals surface area contributed by atoms with E-state index in [2.05, 4.69) is 14.1 Å². The molecule has 0 saturated carbocycles. The molecular weight excluding hydrogens is 370 g/mol. The zero-order chi connectivity index (χ0) is 17.0. The van der Waals surface area contributed by atoms with Crippen molar-refractivity contribution in [1.29, 1.82) is 0 Å². The topological polar surface area (TPSA) is 87.9 Å². The monoisotopic (exact) mass is 396 g/mol. The smallest absolute Gasteiger partial charge is 0.274 e. The van der Waals surface area contributed by atoms with Crippen LogP contribution in [0.5, 0.6) is 0 Å². The van der Waals surface area contributed by atoms with Gasteiger partial charge in [-0.15, -0.1) is 23.2 Å². The zero-order valence-corrected chi connectivity index (χ0v) is 16.4. The Labute approximate surface area is 145 Å². The number of rotatable bonds is 9. The number of nitrogens with zero attached hydrogens (tertiary/aromatic N) is 2. The average Bonchev–Trinajstić information content (AvgIpc) is 2.48. The Morgan fingerprint density at radius 3 is 2.41 bits per heavy atom. The van der Waals surface area contributed by atoms with Gasteiger partial charge in [0.1, 0.15) is 0 Å². The van der Waals surface area contributed by atoms with Crippen LogP contribution in [-0.2, 0) is 14.7 Å². The van der Waals surface area contributed by atoms with Crippen LogP contribution in [0.2, 0.25) is 0 Å². The first-order chi connectivity index (χ1) is 10.5. The third-order valence-corrected chi connectivity index (χ3v) is 5.74. The highest BCUT2D eigenvalue weighted by molar-refractivity contribution is 7.87. The van der Waals surface area contributed by atoms with Gasteiger partial charge in [0.25, 0.3) is 10.2 Å². The van der Waals surface area contributed by atoms with Gasteiger partial charge in [0, 0.05) is 44.5 Å². The number of alkyl halides is 2. The number of hydrogen-bond acceptors (Lipinski definition) is 5. The predicted octanol–water partition coefficient (Wildman–Crippen LogP) is 1.53. The van der Waals surface area contributed by atoms with Crippen LogP contribution in [0.15, 0.2) is 0 Å². The van der Waals surface area contributed by atoms with Gasteiger partial charge in [0.2, 0.25) is 0 Å². The minimum Gasteiger partial charge on any atom is -0.331 e. The van der Waals surface area contributed by atoms with Crippen LogP contribution in [0, 0.1) is 0 Å². The largest absolute Gasteiger partial charge is 0.331 e. The van der Waals surface area contributed by atoms with Crippen LogP contribution < -0.4 is 9.86 Å². The first kappa shape index (κ1) is 22.8. The molecule has 1 heterocycles. The summed E-state index contributed by atoms with van der Waals surface area (Å²) in [6.07, 6.45) is 0.920. The van der Waals surface area contributed by atoms with Gasteiger partial charge in [-0.1, -0.05) is 13.8 Å². The average molecular weight is 397 g/mol. The Bertz CT molecular complexity index is 372. The van der Waals surface area contributed by atoms with E-state index in [1.807, 2.05) is 13.8 Å². The third-order valence-electron chi connectivity index (χ3n) is 2.61. The van der Waals surface area contributed by atoms with Gasteiger partial charge >= 0.3 is 0 Å². The van der Waals surface area contributed by atoms with Crippen LogP contribution in [0.4, 0.5) is 0 Å². The van der Waals surface area contributed by atoms with Crippen molar-refractivity contribution in [2.45, 2.75) is 20.3 Å². The highest BCUT2D eigenvalue weighted by Gasteiger charge is 2.29. The van der Waals surface area contributed by atoms with E-state index >= 15 is 0 Å². The van der Waals surface area contributed by atoms with Gasteiger partial charge in [-0.2, -0.15) is 8.42 Å². The summed E-state index contributed by atoms with van der Waals surface area (Å²) in [7, 11) is -4.58. The molecule has 1 atom stereocenters. The first-order valence-corrected chi connectivity index (χ1v) is 11.1. The molecule has 1 fully saturated rings. The molecule has 7 nitrogen and oxygen atoms in total. The molecule has 1 rings (SSSR count). The molecule has 1 unspecified atom stereocenters. The van der Waals surface area contributed by atoms with Crippen molar-refractivity contribution >= 4 is 41.9 Å². The van der Waals surface area contributed by atoms with Crippen molar-refractivity contribution in [2.24, 2.45) is 5.14 Å². The number of hydrogen-bond donors (Lipinski definition) is 2. The third kappa shape index (κ3) is 9.80. The molecule has 0 aromatic rings. The number of nitrogens with two attached hydrogens (primary N) is 1. The van der Waals surface area contributed by atoms with Crippen molar-refractivity contribution in [3.63, 3.8) is 0 Å². The van der Waals surface area contributed by atoms with Crippen LogP contribution in [0.25, 0.3) is 0 Å². The zero-order valence-electron chi connectivity index (χ0n) is 13.2. The molecule has 1 aliphatic rings. The molecular formula is C11H27Cl2N4O3PS. The molecule has 11 heteroatoms. The summed E-state index contributed by atoms with van der Waals surface area (Å²) in [5.74, 6) is 1.00. The minimum absolute atomic E-state index is 0.261. The number of nitrogens with one attached hydrogen (secondary N) is 1. The van der Waals surface area contributed by atoms with Gasteiger partial charge in [0.05, 0.1) is 6.61 Å². The minimum atomic E-state index is -3.65. The summed E-state index contributed by atoms with van der Waals surface area (Å²) >= 11 is 11.6. The van der Waals surface area contributed by atoms with E-state index in [-0.39, 0.29) is 6.54 Å². The van der Waals surface area contributed by atoms with E-state index in [1.165, 1.54) is 0 Å². The van der Waals surface area contributed by atoms with Crippen molar-refractivity contribution in [2.75, 3.05) is 51.1 Å².